The molecule has 145 heavy (non-hydrogen) atoms. The molecule has 0 radical (unpaired) electrons. The van der Waals surface area contributed by atoms with E-state index in [1.54, 1.807) is 0 Å². The van der Waals surface area contributed by atoms with Crippen molar-refractivity contribution >= 4 is 72.7 Å². The zero-order chi connectivity index (χ0) is 98.4. The number of rotatable bonds is 16. The third kappa shape index (κ3) is 16.1. The zero-order valence-corrected chi connectivity index (χ0v) is 83.8. The van der Waals surface area contributed by atoms with Crippen LogP contribution in [0.2, 0.25) is 0 Å². The van der Waals surface area contributed by atoms with E-state index in [1.165, 1.54) is 211 Å². The van der Waals surface area contributed by atoms with Crippen LogP contribution in [0.15, 0.2) is 504 Å². The van der Waals surface area contributed by atoms with E-state index in [4.69, 9.17) is 0 Å². The van der Waals surface area contributed by atoms with Gasteiger partial charge in [0.2, 0.25) is 0 Å². The van der Waals surface area contributed by atoms with Gasteiger partial charge in [-0.15, -0.1) is 0 Å². The zero-order valence-electron chi connectivity index (χ0n) is 83.8. The first-order valence-electron chi connectivity index (χ1n) is 51.0. The fraction of sp³-hybridized carbons (Fsp3) is 0.0986. The van der Waals surface area contributed by atoms with E-state index in [2.05, 4.69) is 587 Å². The van der Waals surface area contributed by atoms with Crippen LogP contribution in [0, 0.1) is 13.8 Å². The Hall–Kier alpha value is -17.2. The molecule has 0 N–H and O–H groups in total. The summed E-state index contributed by atoms with van der Waals surface area (Å²) >= 11 is 0. The predicted octanol–water partition coefficient (Wildman–Crippen LogP) is 39.3. The SMILES string of the molecule is CC1(C)c2ccccc2-c2ccc(N(c3ccc(-c4ccccc4)cc3)c3ccc(-c4ccccc4)cc3-c3cccc4ccccc34)cc21.CC1(C)c2ccccc2-c2ccc(N(c3ccc4c(c3)C(C)(C)c3ccccc3-4)c3ccc(-c4ccccc4)cc3-c3ccc4ccccc4c3)cc21.Cc1cc(-c2ccccc2)cc(C)c1N(c1ccc(-c2ccccc2)cc1)c1ccc2c(c1)C(C)(C)c1ccccc1-2. The number of anilines is 9. The Morgan fingerprint density at radius 1 is 0.145 bits per heavy atom. The normalized spacial score (nSPS) is 13.4. The van der Waals surface area contributed by atoms with Crippen molar-refractivity contribution in [2.24, 2.45) is 0 Å². The molecule has 0 aliphatic heterocycles. The van der Waals surface area contributed by atoms with Crippen LogP contribution >= 0.6 is 0 Å². The molecular formula is C142H113N3. The van der Waals surface area contributed by atoms with E-state index in [1.807, 2.05) is 0 Å². The molecule has 22 aromatic rings. The van der Waals surface area contributed by atoms with Crippen molar-refractivity contribution in [1.82, 2.24) is 0 Å². The third-order valence-electron chi connectivity index (χ3n) is 31.4. The van der Waals surface area contributed by atoms with Gasteiger partial charge in [-0.25, -0.2) is 0 Å². The Morgan fingerprint density at radius 3 is 0.821 bits per heavy atom. The van der Waals surface area contributed by atoms with Crippen molar-refractivity contribution in [3.05, 3.63) is 559 Å². The Morgan fingerprint density at radius 2 is 0.414 bits per heavy atom. The number of aryl methyl sites for hydroxylation is 2. The fourth-order valence-electron chi connectivity index (χ4n) is 23.9. The lowest BCUT2D eigenvalue weighted by atomic mass is 9.82. The molecule has 0 aromatic heterocycles. The summed E-state index contributed by atoms with van der Waals surface area (Å²) in [6.45, 7) is 23.4. The summed E-state index contributed by atoms with van der Waals surface area (Å²) in [5.74, 6) is 0. The van der Waals surface area contributed by atoms with Crippen molar-refractivity contribution in [2.75, 3.05) is 14.7 Å². The molecule has 4 aliphatic carbocycles. The number of hydrogen-bond donors (Lipinski definition) is 0. The molecule has 3 heteroatoms. The molecule has 696 valence electrons. The highest BCUT2D eigenvalue weighted by molar-refractivity contribution is 6.04. The Balaban J connectivity index is 0.000000118. The monoisotopic (exact) mass is 1860 g/mol. The largest absolute Gasteiger partial charge is 0.310 e. The van der Waals surface area contributed by atoms with Crippen molar-refractivity contribution in [1.29, 1.82) is 0 Å². The molecular weight excluding hydrogens is 1750 g/mol. The molecule has 0 saturated heterocycles. The van der Waals surface area contributed by atoms with Crippen LogP contribution < -0.4 is 14.7 Å². The van der Waals surface area contributed by atoms with Gasteiger partial charge in [-0.3, -0.25) is 0 Å². The molecule has 0 atom stereocenters. The van der Waals surface area contributed by atoms with Gasteiger partial charge in [-0.1, -0.05) is 444 Å². The molecule has 0 amide bonds. The Labute approximate surface area is 853 Å². The van der Waals surface area contributed by atoms with Crippen LogP contribution in [0.1, 0.15) is 111 Å². The maximum absolute atomic E-state index is 2.51. The highest BCUT2D eigenvalue weighted by Gasteiger charge is 2.42. The molecule has 0 saturated carbocycles. The lowest BCUT2D eigenvalue weighted by molar-refractivity contribution is 0.660. The summed E-state index contributed by atoms with van der Waals surface area (Å²) in [5.41, 5.74) is 51.2. The molecule has 0 unspecified atom stereocenters. The molecule has 0 fully saturated rings. The standard InChI is InChI=1S/C52H41N.C49H37N.C41H35N/c1-51(2)46-20-12-10-18-41(46)43-27-25-39(32-48(43)51)53(40-26-28-44-42-19-11-13-21-47(42)52(3,4)49(44)33-40)50-29-24-37(34-14-6-5-7-15-34)31-45(50)38-23-22-35-16-8-9-17-36(35)30-38;1-49(2)46-23-12-11-21-43(46)44-30-29-40(33-47(44)49)50(39-27-24-36(25-28-39)34-14-5-3-6-15-34)48-31-26-38(35-16-7-4-8-17-35)32-45(48)42-22-13-19-37-18-9-10-20-41(37)42;1-28-25-33(31-15-9-6-10-16-31)26-29(2)40(28)42(34-21-19-32(20-22-34)30-13-7-5-8-14-30)35-23-24-37-36-17-11-12-18-38(36)41(3,4)39(37)27-35/h5-33H,1-4H3;3-33H,1-2H3;5-27H,1-4H3. The topological polar surface area (TPSA) is 9.72 Å². The molecule has 0 bridgehead atoms. The predicted molar refractivity (Wildman–Crippen MR) is 616 cm³/mol. The molecule has 0 heterocycles. The van der Waals surface area contributed by atoms with E-state index in [0.717, 1.165) is 39.8 Å². The van der Waals surface area contributed by atoms with Gasteiger partial charge >= 0.3 is 0 Å². The maximum Gasteiger partial charge on any atom is 0.0540 e. The second-order valence-corrected chi connectivity index (χ2v) is 41.5. The van der Waals surface area contributed by atoms with Crippen LogP contribution in [-0.4, -0.2) is 0 Å². The van der Waals surface area contributed by atoms with Gasteiger partial charge in [0.15, 0.2) is 0 Å². The van der Waals surface area contributed by atoms with Gasteiger partial charge in [0.1, 0.15) is 0 Å². The van der Waals surface area contributed by atoms with Crippen molar-refractivity contribution in [3.8, 4) is 122 Å². The summed E-state index contributed by atoms with van der Waals surface area (Å²) in [7, 11) is 0. The highest BCUT2D eigenvalue weighted by atomic mass is 15.2. The number of benzene rings is 22. The van der Waals surface area contributed by atoms with E-state index >= 15 is 0 Å². The van der Waals surface area contributed by atoms with Crippen LogP contribution in [0.25, 0.3) is 144 Å². The highest BCUT2D eigenvalue weighted by Crippen LogP contribution is 2.59. The van der Waals surface area contributed by atoms with Gasteiger partial charge in [0.05, 0.1) is 17.1 Å². The van der Waals surface area contributed by atoms with E-state index in [0.29, 0.717) is 0 Å². The van der Waals surface area contributed by atoms with E-state index in [-0.39, 0.29) is 21.7 Å². The van der Waals surface area contributed by atoms with Gasteiger partial charge in [0, 0.05) is 66.9 Å². The molecule has 4 aliphatic rings. The quantitative estimate of drug-likeness (QED) is 0.0955. The number of hydrogen-bond acceptors (Lipinski definition) is 3. The molecule has 0 spiro atoms. The second-order valence-electron chi connectivity index (χ2n) is 41.5. The average molecular weight is 1860 g/mol. The van der Waals surface area contributed by atoms with Crippen LogP contribution in [-0.2, 0) is 21.7 Å². The first-order valence-corrected chi connectivity index (χ1v) is 51.0. The average Bonchev–Trinajstić information content (AvgIpc) is 1.57. The molecule has 3 nitrogen and oxygen atoms in total. The fourth-order valence-corrected chi connectivity index (χ4v) is 23.9. The van der Waals surface area contributed by atoms with Gasteiger partial charge in [0.25, 0.3) is 0 Å². The van der Waals surface area contributed by atoms with Crippen LogP contribution in [0.3, 0.4) is 0 Å². The van der Waals surface area contributed by atoms with Crippen LogP contribution in [0.5, 0.6) is 0 Å². The minimum Gasteiger partial charge on any atom is -0.310 e. The maximum atomic E-state index is 2.51. The van der Waals surface area contributed by atoms with Gasteiger partial charge in [-0.2, -0.15) is 0 Å². The first-order chi connectivity index (χ1) is 70.8. The van der Waals surface area contributed by atoms with Gasteiger partial charge in [-0.05, 0) is 318 Å². The summed E-state index contributed by atoms with van der Waals surface area (Å²) < 4.78 is 0. The molecule has 22 aromatic carbocycles. The van der Waals surface area contributed by atoms with Crippen molar-refractivity contribution in [3.63, 3.8) is 0 Å². The lowest BCUT2D eigenvalue weighted by Gasteiger charge is -2.31. The minimum atomic E-state index is -0.118. The molecule has 26 rings (SSSR count). The van der Waals surface area contributed by atoms with Crippen LogP contribution in [0.4, 0.5) is 51.2 Å². The first kappa shape index (κ1) is 90.3. The van der Waals surface area contributed by atoms with E-state index in [9.17, 15) is 0 Å². The summed E-state index contributed by atoms with van der Waals surface area (Å²) in [6, 6.07) is 185. The van der Waals surface area contributed by atoms with Crippen molar-refractivity contribution < 1.29 is 0 Å². The Bertz CT molecular complexity index is 8590. The Kier molecular flexibility index (Phi) is 22.9. The third-order valence-corrected chi connectivity index (χ3v) is 31.4. The number of fused-ring (bicyclic) bond motifs is 14. The minimum absolute atomic E-state index is 0.0635. The smallest absolute Gasteiger partial charge is 0.0540 e. The van der Waals surface area contributed by atoms with Gasteiger partial charge < -0.3 is 14.7 Å². The van der Waals surface area contributed by atoms with Crippen molar-refractivity contribution in [2.45, 2.75) is 90.9 Å². The summed E-state index contributed by atoms with van der Waals surface area (Å²) in [5, 5.41) is 4.96. The summed E-state index contributed by atoms with van der Waals surface area (Å²) in [4.78, 5) is 7.42. The number of nitrogens with zero attached hydrogens (tertiary/aromatic N) is 3. The second kappa shape index (κ2) is 36.7. The lowest BCUT2D eigenvalue weighted by Crippen LogP contribution is -2.18. The van der Waals surface area contributed by atoms with E-state index < -0.39 is 0 Å². The summed E-state index contributed by atoms with van der Waals surface area (Å²) in [6.07, 6.45) is 0.